The molecule has 188 valence electrons. The maximum atomic E-state index is 13.5. The lowest BCUT2D eigenvalue weighted by atomic mass is 10.1. The summed E-state index contributed by atoms with van der Waals surface area (Å²) in [6, 6.07) is 10.6. The molecule has 3 aromatic rings. The van der Waals surface area contributed by atoms with Crippen LogP contribution in [0.2, 0.25) is 0 Å². The minimum absolute atomic E-state index is 0.272. The number of urea groups is 1. The van der Waals surface area contributed by atoms with Crippen LogP contribution >= 0.6 is 11.3 Å². The molecule has 9 nitrogen and oxygen atoms in total. The lowest BCUT2D eigenvalue weighted by Crippen LogP contribution is -2.54. The van der Waals surface area contributed by atoms with E-state index in [1.807, 2.05) is 43.4 Å². The second-order valence-corrected chi connectivity index (χ2v) is 11.8. The van der Waals surface area contributed by atoms with Crippen LogP contribution in [0.3, 0.4) is 0 Å². The number of benzene rings is 1. The molecule has 1 fully saturated rings. The minimum atomic E-state index is -4.20. The van der Waals surface area contributed by atoms with Gasteiger partial charge in [-0.2, -0.15) is 13.5 Å². The maximum absolute atomic E-state index is 13.5. The van der Waals surface area contributed by atoms with Gasteiger partial charge in [-0.05, 0) is 44.0 Å². The second-order valence-electron chi connectivity index (χ2n) is 9.20. The first kappa shape index (κ1) is 25.2. The van der Waals surface area contributed by atoms with E-state index in [9.17, 15) is 13.2 Å². The summed E-state index contributed by atoms with van der Waals surface area (Å²) in [7, 11) is -0.499. The molecule has 4 rings (SSSR count). The van der Waals surface area contributed by atoms with Crippen LogP contribution in [0.1, 0.15) is 37.5 Å². The molecule has 0 saturated carbocycles. The van der Waals surface area contributed by atoms with Crippen molar-refractivity contribution in [3.05, 3.63) is 53.7 Å². The zero-order valence-corrected chi connectivity index (χ0v) is 22.1. The number of aryl methyl sites for hydroxylation is 1. The molecule has 1 aliphatic rings. The van der Waals surface area contributed by atoms with Crippen molar-refractivity contribution in [2.75, 3.05) is 29.8 Å². The van der Waals surface area contributed by atoms with Crippen LogP contribution in [0.25, 0.3) is 10.4 Å². The number of thiophene rings is 1. The van der Waals surface area contributed by atoms with E-state index in [4.69, 9.17) is 0 Å². The smallest absolute Gasteiger partial charge is 0.306 e. The highest BCUT2D eigenvalue weighted by molar-refractivity contribution is 7.91. The first-order chi connectivity index (χ1) is 16.6. The number of amides is 2. The molecule has 0 aliphatic carbocycles. The summed E-state index contributed by atoms with van der Waals surface area (Å²) in [5.74, 6) is 0.272. The van der Waals surface area contributed by atoms with Gasteiger partial charge in [-0.15, -0.1) is 11.3 Å². The van der Waals surface area contributed by atoms with E-state index >= 15 is 0 Å². The highest BCUT2D eigenvalue weighted by Crippen LogP contribution is 2.39. The van der Waals surface area contributed by atoms with Crippen LogP contribution in [0.15, 0.2) is 48.8 Å². The molecule has 3 heterocycles. The van der Waals surface area contributed by atoms with Crippen LogP contribution in [0.4, 0.5) is 16.2 Å². The molecule has 1 unspecified atom stereocenters. The molecular formula is C24H32N6O3S2. The number of carbonyl (C=O) groups excluding carboxylic acids is 1. The van der Waals surface area contributed by atoms with Crippen molar-refractivity contribution in [2.24, 2.45) is 7.05 Å². The van der Waals surface area contributed by atoms with Gasteiger partial charge < -0.3 is 10.2 Å². The van der Waals surface area contributed by atoms with Crippen LogP contribution in [0.5, 0.6) is 0 Å². The molecule has 1 aliphatic heterocycles. The minimum Gasteiger partial charge on any atom is -0.306 e. The van der Waals surface area contributed by atoms with Gasteiger partial charge in [0.2, 0.25) is 0 Å². The number of rotatable bonds is 7. The summed E-state index contributed by atoms with van der Waals surface area (Å²) in [6.07, 6.45) is 4.72. The highest BCUT2D eigenvalue weighted by Gasteiger charge is 2.35. The van der Waals surface area contributed by atoms with E-state index < -0.39 is 16.2 Å². The largest absolute Gasteiger partial charge is 0.334 e. The Labute approximate surface area is 210 Å². The number of anilines is 2. The quantitative estimate of drug-likeness (QED) is 0.489. The van der Waals surface area contributed by atoms with E-state index in [0.717, 1.165) is 28.3 Å². The summed E-state index contributed by atoms with van der Waals surface area (Å²) >= 11 is 1.59. The van der Waals surface area contributed by atoms with Gasteiger partial charge in [-0.3, -0.25) is 4.68 Å². The Balaban J connectivity index is 1.60. The molecule has 1 aromatic carbocycles. The van der Waals surface area contributed by atoms with Gasteiger partial charge in [0.25, 0.3) is 0 Å². The van der Waals surface area contributed by atoms with Crippen LogP contribution in [-0.2, 0) is 17.3 Å². The Morgan fingerprint density at radius 2 is 1.97 bits per heavy atom. The average Bonchev–Trinajstić information content (AvgIpc) is 3.40. The van der Waals surface area contributed by atoms with Gasteiger partial charge in [0.05, 0.1) is 28.5 Å². The summed E-state index contributed by atoms with van der Waals surface area (Å²) < 4.78 is 32.1. The van der Waals surface area contributed by atoms with Crippen molar-refractivity contribution < 1.29 is 13.2 Å². The maximum Gasteiger partial charge on any atom is 0.334 e. The summed E-state index contributed by atoms with van der Waals surface area (Å²) in [5.41, 5.74) is 1.98. The number of carbonyl (C=O) groups is 1. The normalized spacial score (nSPS) is 16.9. The first-order valence-electron chi connectivity index (χ1n) is 11.6. The number of hydrogen-bond donors (Lipinski definition) is 2. The molecule has 2 N–H and O–H groups in total. The van der Waals surface area contributed by atoms with Crippen molar-refractivity contribution in [3.63, 3.8) is 0 Å². The Bertz CT molecular complexity index is 1270. The van der Waals surface area contributed by atoms with Gasteiger partial charge in [0.15, 0.2) is 0 Å². The summed E-state index contributed by atoms with van der Waals surface area (Å²) in [4.78, 5) is 17.1. The average molecular weight is 517 g/mol. The van der Waals surface area contributed by atoms with Gasteiger partial charge in [0, 0.05) is 24.7 Å². The third-order valence-corrected chi connectivity index (χ3v) is 8.92. The van der Waals surface area contributed by atoms with Crippen LogP contribution in [0, 0.1) is 0 Å². The third-order valence-electron chi connectivity index (χ3n) is 5.96. The van der Waals surface area contributed by atoms with E-state index in [2.05, 4.69) is 33.9 Å². The van der Waals surface area contributed by atoms with Gasteiger partial charge in [0.1, 0.15) is 0 Å². The number of likely N-dealkylation sites (N-methyl/N-ethyl adjacent to an activating group) is 1. The number of hydrogen-bond acceptors (Lipinski definition) is 6. The molecule has 0 bridgehead atoms. The third kappa shape index (κ3) is 5.85. The van der Waals surface area contributed by atoms with Gasteiger partial charge in [-0.25, -0.2) is 13.8 Å². The number of aromatic nitrogens is 2. The molecular weight excluding hydrogens is 484 g/mol. The Morgan fingerprint density at radius 1 is 1.23 bits per heavy atom. The van der Waals surface area contributed by atoms with Crippen molar-refractivity contribution in [1.82, 2.24) is 19.4 Å². The number of likely N-dealkylation sites (tertiary alicyclic amines) is 1. The standard InChI is InChI=1S/C24H32N6O3S2/c1-17(2)22-13-21(23(34-22)18-9-6-5-7-10-18)26-24(31)27-35(32,33)30(20-14-25-29(4)16-20)19-11-8-12-28(3)15-19/h5-7,9-10,13-14,16-17,19H,8,11-12,15H2,1-4H3,(H2,26,27,31). The van der Waals surface area contributed by atoms with Crippen molar-refractivity contribution in [2.45, 2.75) is 38.6 Å². The molecule has 11 heteroatoms. The SMILES string of the molecule is CC(C)c1cc(NC(=O)NS(=O)(=O)N(c2cnn(C)c2)C2CCCN(C)C2)c(-c2ccccc2)s1. The zero-order chi connectivity index (χ0) is 25.2. The number of piperidine rings is 1. The summed E-state index contributed by atoms with van der Waals surface area (Å²) in [5, 5.41) is 6.93. The fourth-order valence-corrected chi connectivity index (χ4v) is 6.75. The van der Waals surface area contributed by atoms with Gasteiger partial charge in [-0.1, -0.05) is 44.2 Å². The predicted molar refractivity (Wildman–Crippen MR) is 141 cm³/mol. The second kappa shape index (κ2) is 10.4. The first-order valence-corrected chi connectivity index (χ1v) is 13.9. The Hall–Kier alpha value is -2.89. The lowest BCUT2D eigenvalue weighted by Gasteiger charge is -2.37. The molecule has 0 spiro atoms. The molecule has 0 radical (unpaired) electrons. The van der Waals surface area contributed by atoms with Crippen LogP contribution < -0.4 is 14.3 Å². The Morgan fingerprint density at radius 3 is 2.60 bits per heavy atom. The molecule has 35 heavy (non-hydrogen) atoms. The van der Waals surface area contributed by atoms with E-state index in [-0.39, 0.29) is 12.0 Å². The molecule has 2 aromatic heterocycles. The summed E-state index contributed by atoms with van der Waals surface area (Å²) in [6.45, 7) is 5.64. The Kier molecular flexibility index (Phi) is 7.48. The molecule has 1 atom stereocenters. The molecule has 1 saturated heterocycles. The van der Waals surface area contributed by atoms with Crippen molar-refractivity contribution in [3.8, 4) is 10.4 Å². The topological polar surface area (TPSA) is 99.6 Å². The van der Waals surface area contributed by atoms with Crippen molar-refractivity contribution in [1.29, 1.82) is 0 Å². The number of nitrogens with one attached hydrogen (secondary N) is 2. The van der Waals surface area contributed by atoms with Gasteiger partial charge >= 0.3 is 16.2 Å². The van der Waals surface area contributed by atoms with E-state index in [0.29, 0.717) is 24.3 Å². The van der Waals surface area contributed by atoms with E-state index in [1.165, 1.54) is 10.5 Å². The van der Waals surface area contributed by atoms with Crippen molar-refractivity contribution >= 4 is 39.0 Å². The number of nitrogens with zero attached hydrogens (tertiary/aromatic N) is 4. The molecule has 2 amide bonds. The monoisotopic (exact) mass is 516 g/mol. The van der Waals surface area contributed by atoms with E-state index in [1.54, 1.807) is 29.3 Å². The lowest BCUT2D eigenvalue weighted by molar-refractivity contribution is 0.251. The zero-order valence-electron chi connectivity index (χ0n) is 20.4. The predicted octanol–water partition coefficient (Wildman–Crippen LogP) is 4.24. The fourth-order valence-electron chi connectivity index (χ4n) is 4.30. The fraction of sp³-hybridized carbons (Fsp3) is 0.417. The van der Waals surface area contributed by atoms with Crippen LogP contribution in [-0.4, -0.2) is 55.3 Å². The highest BCUT2D eigenvalue weighted by atomic mass is 32.2.